The Kier molecular flexibility index (Phi) is 3.42. The van der Waals surface area contributed by atoms with Crippen molar-refractivity contribution in [1.82, 2.24) is 4.98 Å². The summed E-state index contributed by atoms with van der Waals surface area (Å²) >= 11 is 11.6. The van der Waals surface area contributed by atoms with Crippen molar-refractivity contribution in [3.63, 3.8) is 0 Å². The van der Waals surface area contributed by atoms with Crippen LogP contribution >= 0.6 is 23.2 Å². The Morgan fingerprint density at radius 1 is 1.12 bits per heavy atom. The quantitative estimate of drug-likeness (QED) is 0.731. The Hall–Kier alpha value is -1.12. The number of benzene rings is 1. The summed E-state index contributed by atoms with van der Waals surface area (Å²) in [6.07, 6.45) is 1.68. The van der Waals surface area contributed by atoms with E-state index in [1.807, 2.05) is 0 Å². The van der Waals surface area contributed by atoms with Crippen molar-refractivity contribution >= 4 is 23.2 Å². The highest BCUT2D eigenvalue weighted by molar-refractivity contribution is 6.32. The highest BCUT2D eigenvalue weighted by Crippen LogP contribution is 2.24. The largest absolute Gasteiger partial charge is 0.258 e. The van der Waals surface area contributed by atoms with Crippen LogP contribution in [0, 0.1) is 5.82 Å². The van der Waals surface area contributed by atoms with E-state index in [0.717, 1.165) is 11.1 Å². The average Bonchev–Trinajstić information content (AvgIpc) is 2.30. The number of alkyl halides is 1. The van der Waals surface area contributed by atoms with Gasteiger partial charge in [-0.3, -0.25) is 4.98 Å². The molecule has 0 saturated heterocycles. The highest BCUT2D eigenvalue weighted by Gasteiger charge is 2.04. The zero-order chi connectivity index (χ0) is 11.5. The summed E-state index contributed by atoms with van der Waals surface area (Å²) in [5.41, 5.74) is 2.37. The van der Waals surface area contributed by atoms with Gasteiger partial charge in [0.1, 0.15) is 5.82 Å². The summed E-state index contributed by atoms with van der Waals surface area (Å²) in [5, 5.41) is 0.525. The first-order valence-corrected chi connectivity index (χ1v) is 5.58. The zero-order valence-corrected chi connectivity index (χ0v) is 9.76. The molecule has 0 unspecified atom stereocenters. The molecule has 82 valence electrons. The predicted octanol–water partition coefficient (Wildman–Crippen LogP) is 4.28. The minimum Gasteiger partial charge on any atom is -0.258 e. The van der Waals surface area contributed by atoms with E-state index in [-0.39, 0.29) is 11.7 Å². The summed E-state index contributed by atoms with van der Waals surface area (Å²) in [7, 11) is 0. The van der Waals surface area contributed by atoms with Crippen LogP contribution < -0.4 is 0 Å². The van der Waals surface area contributed by atoms with Crippen molar-refractivity contribution in [1.29, 1.82) is 0 Å². The van der Waals surface area contributed by atoms with Crippen LogP contribution in [-0.4, -0.2) is 4.98 Å². The zero-order valence-electron chi connectivity index (χ0n) is 8.25. The summed E-state index contributed by atoms with van der Waals surface area (Å²) in [6.45, 7) is 0. The number of rotatable bonds is 2. The molecule has 0 amide bonds. The lowest BCUT2D eigenvalue weighted by atomic mass is 10.1. The van der Waals surface area contributed by atoms with Gasteiger partial charge in [-0.25, -0.2) is 4.39 Å². The molecule has 0 radical (unpaired) electrons. The predicted molar refractivity (Wildman–Crippen MR) is 64.2 cm³/mol. The van der Waals surface area contributed by atoms with Gasteiger partial charge in [-0.15, -0.1) is 11.6 Å². The maximum absolute atomic E-state index is 12.7. The molecule has 0 aliphatic heterocycles. The molecular weight excluding hydrogens is 248 g/mol. The van der Waals surface area contributed by atoms with Gasteiger partial charge in [0, 0.05) is 11.8 Å². The summed E-state index contributed by atoms with van der Waals surface area (Å²) in [5.74, 6) is 0.0166. The van der Waals surface area contributed by atoms with Crippen molar-refractivity contribution in [3.05, 3.63) is 53.1 Å². The van der Waals surface area contributed by atoms with E-state index in [4.69, 9.17) is 23.2 Å². The molecule has 16 heavy (non-hydrogen) atoms. The number of hydrogen-bond donors (Lipinski definition) is 0. The van der Waals surface area contributed by atoms with Gasteiger partial charge in [-0.1, -0.05) is 23.7 Å². The molecule has 1 aromatic heterocycles. The second-order valence-corrected chi connectivity index (χ2v) is 3.97. The van der Waals surface area contributed by atoms with Gasteiger partial charge in [0.15, 0.2) is 0 Å². The molecule has 0 bridgehead atoms. The maximum Gasteiger partial charge on any atom is 0.123 e. The highest BCUT2D eigenvalue weighted by atomic mass is 35.5. The van der Waals surface area contributed by atoms with E-state index in [1.54, 1.807) is 24.4 Å². The van der Waals surface area contributed by atoms with E-state index in [1.165, 1.54) is 12.1 Å². The smallest absolute Gasteiger partial charge is 0.123 e. The Bertz CT molecular complexity index is 497. The number of nitrogens with zero attached hydrogens (tertiary/aromatic N) is 1. The summed E-state index contributed by atoms with van der Waals surface area (Å²) in [4.78, 5) is 4.14. The molecule has 0 fully saturated rings. The SMILES string of the molecule is Fc1ccc(-c2cnc(CCl)c(Cl)c2)cc1. The van der Waals surface area contributed by atoms with Gasteiger partial charge in [-0.2, -0.15) is 0 Å². The normalized spacial score (nSPS) is 10.4. The summed E-state index contributed by atoms with van der Waals surface area (Å²) in [6, 6.07) is 7.95. The fourth-order valence-electron chi connectivity index (χ4n) is 1.36. The Morgan fingerprint density at radius 3 is 2.38 bits per heavy atom. The fourth-order valence-corrected chi connectivity index (χ4v) is 1.88. The first-order valence-electron chi connectivity index (χ1n) is 4.67. The van der Waals surface area contributed by atoms with Crippen LogP contribution in [0.3, 0.4) is 0 Å². The van der Waals surface area contributed by atoms with Crippen molar-refractivity contribution in [2.45, 2.75) is 5.88 Å². The molecule has 0 atom stereocenters. The van der Waals surface area contributed by atoms with E-state index < -0.39 is 0 Å². The molecule has 0 aliphatic rings. The first-order chi connectivity index (χ1) is 7.70. The average molecular weight is 256 g/mol. The fraction of sp³-hybridized carbons (Fsp3) is 0.0833. The minimum absolute atomic E-state index is 0.264. The number of hydrogen-bond acceptors (Lipinski definition) is 1. The minimum atomic E-state index is -0.264. The third-order valence-electron chi connectivity index (χ3n) is 2.22. The van der Waals surface area contributed by atoms with Crippen LogP contribution in [0.5, 0.6) is 0 Å². The number of pyridine rings is 1. The molecule has 1 nitrogen and oxygen atoms in total. The van der Waals surface area contributed by atoms with Crippen molar-refractivity contribution < 1.29 is 4.39 Å². The van der Waals surface area contributed by atoms with Crippen molar-refractivity contribution in [3.8, 4) is 11.1 Å². The molecule has 0 aliphatic carbocycles. The van der Waals surface area contributed by atoms with Crippen molar-refractivity contribution in [2.24, 2.45) is 0 Å². The standard InChI is InChI=1S/C12H8Cl2FN/c13-6-12-11(14)5-9(7-16-12)8-1-3-10(15)4-2-8/h1-5,7H,6H2. The molecule has 4 heteroatoms. The molecule has 2 rings (SSSR count). The van der Waals surface area contributed by atoms with Gasteiger partial charge in [0.2, 0.25) is 0 Å². The third kappa shape index (κ3) is 2.34. The van der Waals surface area contributed by atoms with E-state index >= 15 is 0 Å². The van der Waals surface area contributed by atoms with Crippen LogP contribution in [0.15, 0.2) is 36.5 Å². The van der Waals surface area contributed by atoms with E-state index in [2.05, 4.69) is 4.98 Å². The van der Waals surface area contributed by atoms with Crippen molar-refractivity contribution in [2.75, 3.05) is 0 Å². The van der Waals surface area contributed by atoms with Gasteiger partial charge in [0.25, 0.3) is 0 Å². The lowest BCUT2D eigenvalue weighted by Crippen LogP contribution is -1.88. The van der Waals surface area contributed by atoms with Crippen LogP contribution in [0.1, 0.15) is 5.69 Å². The summed E-state index contributed by atoms with van der Waals surface area (Å²) < 4.78 is 12.7. The van der Waals surface area contributed by atoms with Crippen LogP contribution in [0.2, 0.25) is 5.02 Å². The van der Waals surface area contributed by atoms with Crippen LogP contribution in [0.25, 0.3) is 11.1 Å². The molecule has 1 aromatic carbocycles. The topological polar surface area (TPSA) is 12.9 Å². The van der Waals surface area contributed by atoms with E-state index in [9.17, 15) is 4.39 Å². The molecule has 0 saturated carbocycles. The van der Waals surface area contributed by atoms with Crippen LogP contribution in [-0.2, 0) is 5.88 Å². The van der Waals surface area contributed by atoms with Gasteiger partial charge in [0.05, 0.1) is 16.6 Å². The molecule has 0 spiro atoms. The lowest BCUT2D eigenvalue weighted by molar-refractivity contribution is 0.628. The lowest BCUT2D eigenvalue weighted by Gasteiger charge is -2.04. The molecule has 2 aromatic rings. The second kappa shape index (κ2) is 4.81. The van der Waals surface area contributed by atoms with Crippen LogP contribution in [0.4, 0.5) is 4.39 Å². The molecule has 0 N–H and O–H groups in total. The van der Waals surface area contributed by atoms with Gasteiger partial charge in [-0.05, 0) is 23.8 Å². The molecule has 1 heterocycles. The van der Waals surface area contributed by atoms with Gasteiger partial charge < -0.3 is 0 Å². The Morgan fingerprint density at radius 2 is 1.81 bits per heavy atom. The van der Waals surface area contributed by atoms with Gasteiger partial charge >= 0.3 is 0 Å². The Labute approximate surface area is 103 Å². The first kappa shape index (κ1) is 11.4. The van der Waals surface area contributed by atoms with E-state index in [0.29, 0.717) is 10.7 Å². The Balaban J connectivity index is 2.41. The number of halogens is 3. The molecular formula is C12H8Cl2FN. The number of aromatic nitrogens is 1. The second-order valence-electron chi connectivity index (χ2n) is 3.29. The monoisotopic (exact) mass is 255 g/mol. The maximum atomic E-state index is 12.7. The third-order valence-corrected chi connectivity index (χ3v) is 2.80.